The van der Waals surface area contributed by atoms with Gasteiger partial charge in [0.15, 0.2) is 5.16 Å². The first-order valence-electron chi connectivity index (χ1n) is 9.31. The number of hydrogen-bond donors (Lipinski definition) is 1. The van der Waals surface area contributed by atoms with Gasteiger partial charge in [-0.3, -0.25) is 4.79 Å². The number of aryl methyl sites for hydroxylation is 1. The molecule has 3 aromatic rings. The Morgan fingerprint density at radius 3 is 2.50 bits per heavy atom. The lowest BCUT2D eigenvalue weighted by molar-refractivity contribution is -0.118. The molecule has 1 amide bonds. The zero-order valence-corrected chi connectivity index (χ0v) is 18.2. The second kappa shape index (κ2) is 10.0. The van der Waals surface area contributed by atoms with Crippen molar-refractivity contribution in [1.82, 2.24) is 15.0 Å². The number of amides is 1. The van der Waals surface area contributed by atoms with E-state index in [0.29, 0.717) is 22.8 Å². The Morgan fingerprint density at radius 1 is 1.17 bits per heavy atom. The van der Waals surface area contributed by atoms with Crippen molar-refractivity contribution in [2.24, 2.45) is 5.10 Å². The minimum atomic E-state index is -0.239. The van der Waals surface area contributed by atoms with Gasteiger partial charge in [-0.15, -0.1) is 0 Å². The number of hydrazone groups is 1. The highest BCUT2D eigenvalue weighted by molar-refractivity contribution is 7.99. The number of imidazole rings is 1. The maximum absolute atomic E-state index is 12.3. The van der Waals surface area contributed by atoms with Gasteiger partial charge in [-0.1, -0.05) is 23.9 Å². The number of ether oxygens (including phenoxy) is 3. The predicted octanol–water partition coefficient (Wildman–Crippen LogP) is 3.32. The summed E-state index contributed by atoms with van der Waals surface area (Å²) >= 11 is 1.37. The fourth-order valence-electron chi connectivity index (χ4n) is 2.96. The van der Waals surface area contributed by atoms with Crippen molar-refractivity contribution >= 4 is 34.9 Å². The number of hydrogen-bond acceptors (Lipinski definition) is 7. The van der Waals surface area contributed by atoms with E-state index in [0.717, 1.165) is 22.7 Å². The van der Waals surface area contributed by atoms with Gasteiger partial charge in [0.1, 0.15) is 17.2 Å². The molecule has 158 valence electrons. The molecule has 0 spiro atoms. The Hall–Kier alpha value is -3.20. The third-order valence-corrected chi connectivity index (χ3v) is 5.38. The van der Waals surface area contributed by atoms with Crippen molar-refractivity contribution in [2.45, 2.75) is 18.6 Å². The Morgan fingerprint density at radius 2 is 1.87 bits per heavy atom. The van der Waals surface area contributed by atoms with E-state index in [1.54, 1.807) is 33.5 Å². The molecule has 3 rings (SSSR count). The number of carbonyl (C=O) groups excluding carboxylic acids is 1. The number of fused-ring (bicyclic) bond motifs is 1. The number of para-hydroxylation sites is 2. The molecule has 30 heavy (non-hydrogen) atoms. The van der Waals surface area contributed by atoms with Gasteiger partial charge >= 0.3 is 0 Å². The molecule has 0 aliphatic heterocycles. The molecule has 0 fully saturated rings. The fraction of sp³-hybridized carbons (Fsp3) is 0.286. The molecular weight excluding hydrogens is 404 g/mol. The van der Waals surface area contributed by atoms with Gasteiger partial charge in [0.2, 0.25) is 0 Å². The first-order valence-corrected chi connectivity index (χ1v) is 10.3. The van der Waals surface area contributed by atoms with Gasteiger partial charge in [0.05, 0.1) is 49.9 Å². The van der Waals surface area contributed by atoms with Crippen LogP contribution in [0, 0.1) is 0 Å². The fourth-order valence-corrected chi connectivity index (χ4v) is 3.83. The minimum Gasteiger partial charge on any atom is -0.496 e. The van der Waals surface area contributed by atoms with Crippen molar-refractivity contribution < 1.29 is 19.0 Å². The molecule has 0 saturated carbocycles. The van der Waals surface area contributed by atoms with Crippen LogP contribution in [0.3, 0.4) is 0 Å². The summed E-state index contributed by atoms with van der Waals surface area (Å²) < 4.78 is 18.1. The third kappa shape index (κ3) is 4.68. The van der Waals surface area contributed by atoms with Crippen LogP contribution in [-0.4, -0.2) is 48.8 Å². The van der Waals surface area contributed by atoms with E-state index < -0.39 is 0 Å². The Kier molecular flexibility index (Phi) is 7.18. The second-order valence-electron chi connectivity index (χ2n) is 6.15. The molecule has 0 saturated heterocycles. The van der Waals surface area contributed by atoms with Crippen molar-refractivity contribution in [3.05, 3.63) is 42.0 Å². The summed E-state index contributed by atoms with van der Waals surface area (Å²) in [6.07, 6.45) is 1.49. The summed E-state index contributed by atoms with van der Waals surface area (Å²) in [5.74, 6) is 1.60. The SMILES string of the molecule is CCn1c(SCC(=O)NN=Cc2c(OC)cc(OC)cc2OC)nc2ccccc21. The molecule has 0 unspecified atom stereocenters. The molecule has 2 aromatic carbocycles. The molecular formula is C21H24N4O4S. The molecule has 0 atom stereocenters. The largest absolute Gasteiger partial charge is 0.496 e. The number of methoxy groups -OCH3 is 3. The average molecular weight is 429 g/mol. The van der Waals surface area contributed by atoms with Crippen LogP contribution in [0.5, 0.6) is 17.2 Å². The standard InChI is InChI=1S/C21H24N4O4S/c1-5-25-17-9-7-6-8-16(17)23-21(25)30-13-20(26)24-22-12-15-18(28-3)10-14(27-2)11-19(15)29-4/h6-12H,5,13H2,1-4H3,(H,24,26). The van der Waals surface area contributed by atoms with E-state index in [-0.39, 0.29) is 11.7 Å². The topological polar surface area (TPSA) is 87.0 Å². The van der Waals surface area contributed by atoms with Crippen LogP contribution < -0.4 is 19.6 Å². The number of nitrogens with one attached hydrogen (secondary N) is 1. The first-order chi connectivity index (χ1) is 14.6. The van der Waals surface area contributed by atoms with Crippen LogP contribution >= 0.6 is 11.8 Å². The van der Waals surface area contributed by atoms with E-state index in [9.17, 15) is 4.79 Å². The van der Waals surface area contributed by atoms with Crippen molar-refractivity contribution in [3.8, 4) is 17.2 Å². The highest BCUT2D eigenvalue weighted by Crippen LogP contribution is 2.32. The number of thioether (sulfide) groups is 1. The molecule has 0 radical (unpaired) electrons. The van der Waals surface area contributed by atoms with Crippen molar-refractivity contribution in [2.75, 3.05) is 27.1 Å². The summed E-state index contributed by atoms with van der Waals surface area (Å²) in [4.78, 5) is 16.9. The van der Waals surface area contributed by atoms with Gasteiger partial charge in [-0.05, 0) is 19.1 Å². The highest BCUT2D eigenvalue weighted by Gasteiger charge is 2.13. The Balaban J connectivity index is 1.66. The van der Waals surface area contributed by atoms with Crippen LogP contribution in [-0.2, 0) is 11.3 Å². The number of carbonyl (C=O) groups is 1. The summed E-state index contributed by atoms with van der Waals surface area (Å²) in [5, 5.41) is 4.85. The van der Waals surface area contributed by atoms with Crippen LogP contribution in [0.4, 0.5) is 0 Å². The molecule has 8 nitrogen and oxygen atoms in total. The monoisotopic (exact) mass is 428 g/mol. The predicted molar refractivity (Wildman–Crippen MR) is 118 cm³/mol. The average Bonchev–Trinajstić information content (AvgIpc) is 3.14. The molecule has 0 bridgehead atoms. The van der Waals surface area contributed by atoms with E-state index in [4.69, 9.17) is 14.2 Å². The van der Waals surface area contributed by atoms with Gasteiger partial charge in [-0.25, -0.2) is 10.4 Å². The normalized spacial score (nSPS) is 11.1. The van der Waals surface area contributed by atoms with E-state index in [1.807, 2.05) is 24.3 Å². The summed E-state index contributed by atoms with van der Waals surface area (Å²) in [6.45, 7) is 2.83. The van der Waals surface area contributed by atoms with Gasteiger partial charge < -0.3 is 18.8 Å². The van der Waals surface area contributed by atoms with Crippen LogP contribution in [0.25, 0.3) is 11.0 Å². The van der Waals surface area contributed by atoms with Crippen LogP contribution in [0.2, 0.25) is 0 Å². The highest BCUT2D eigenvalue weighted by atomic mass is 32.2. The molecule has 1 heterocycles. The maximum Gasteiger partial charge on any atom is 0.250 e. The summed E-state index contributed by atoms with van der Waals surface area (Å²) in [5.41, 5.74) is 5.10. The molecule has 0 aliphatic rings. The van der Waals surface area contributed by atoms with Gasteiger partial charge in [-0.2, -0.15) is 5.10 Å². The number of benzene rings is 2. The Labute approximate surface area is 179 Å². The van der Waals surface area contributed by atoms with Gasteiger partial charge in [0, 0.05) is 18.7 Å². The van der Waals surface area contributed by atoms with Gasteiger partial charge in [0.25, 0.3) is 5.91 Å². The van der Waals surface area contributed by atoms with Crippen LogP contribution in [0.1, 0.15) is 12.5 Å². The lowest BCUT2D eigenvalue weighted by Gasteiger charge is -2.12. The summed E-state index contributed by atoms with van der Waals surface area (Å²) in [6, 6.07) is 11.4. The molecule has 1 aromatic heterocycles. The molecule has 1 N–H and O–H groups in total. The maximum atomic E-state index is 12.3. The first kappa shape index (κ1) is 21.5. The second-order valence-corrected chi connectivity index (χ2v) is 7.10. The van der Waals surface area contributed by atoms with E-state index >= 15 is 0 Å². The quantitative estimate of drug-likeness (QED) is 0.320. The zero-order chi connectivity index (χ0) is 21.5. The molecule has 0 aliphatic carbocycles. The lowest BCUT2D eigenvalue weighted by atomic mass is 10.2. The number of nitrogens with zero attached hydrogens (tertiary/aromatic N) is 3. The van der Waals surface area contributed by atoms with Crippen molar-refractivity contribution in [3.63, 3.8) is 0 Å². The van der Waals surface area contributed by atoms with Crippen LogP contribution in [0.15, 0.2) is 46.7 Å². The van der Waals surface area contributed by atoms with Crippen molar-refractivity contribution in [1.29, 1.82) is 0 Å². The number of aromatic nitrogens is 2. The molecule has 9 heteroatoms. The van der Waals surface area contributed by atoms with E-state index in [2.05, 4.69) is 27.0 Å². The minimum absolute atomic E-state index is 0.192. The summed E-state index contributed by atoms with van der Waals surface area (Å²) in [7, 11) is 4.65. The zero-order valence-electron chi connectivity index (χ0n) is 17.3. The Bertz CT molecular complexity index is 1040. The third-order valence-electron chi connectivity index (χ3n) is 4.40. The van der Waals surface area contributed by atoms with E-state index in [1.165, 1.54) is 18.0 Å². The number of rotatable bonds is 9. The smallest absolute Gasteiger partial charge is 0.250 e. The lowest BCUT2D eigenvalue weighted by Crippen LogP contribution is -2.20.